The molecule has 1 N–H and O–H groups in total. The van der Waals surface area contributed by atoms with Gasteiger partial charge in [0.25, 0.3) is 5.91 Å². The number of carbonyl (C=O) groups is 1. The molecule has 172 valence electrons. The Kier molecular flexibility index (Phi) is 8.03. The molecule has 0 saturated heterocycles. The molecule has 0 bridgehead atoms. The molecule has 0 fully saturated rings. The first-order valence-electron chi connectivity index (χ1n) is 10.7. The van der Waals surface area contributed by atoms with Gasteiger partial charge in [-0.1, -0.05) is 54.1 Å². The molecule has 0 atom stereocenters. The lowest BCUT2D eigenvalue weighted by Crippen LogP contribution is -2.17. The molecule has 0 radical (unpaired) electrons. The number of halogens is 2. The molecule has 0 spiro atoms. The topological polar surface area (TPSA) is 59.9 Å². The standard InChI is InChI=1S/C27H22ClIN2O3/c1-2-33-25-15-18(16-30-31-27(32)20-10-12-22(29)13-11-20)14-24(28)26(25)34-17-21-8-5-7-19-6-3-4-9-23(19)21/h3-16H,2,17H2,1H3,(H,31,32)/b30-16-. The van der Waals surface area contributed by atoms with Gasteiger partial charge in [-0.2, -0.15) is 5.10 Å². The van der Waals surface area contributed by atoms with Crippen LogP contribution >= 0.6 is 34.2 Å². The molecule has 5 nitrogen and oxygen atoms in total. The summed E-state index contributed by atoms with van der Waals surface area (Å²) in [4.78, 5) is 12.3. The fourth-order valence-electron chi connectivity index (χ4n) is 3.47. The predicted octanol–water partition coefficient (Wildman–Crippen LogP) is 6.84. The molecule has 0 aliphatic heterocycles. The van der Waals surface area contributed by atoms with Crippen LogP contribution in [0, 0.1) is 3.57 Å². The Balaban J connectivity index is 1.50. The minimum Gasteiger partial charge on any atom is -0.490 e. The van der Waals surface area contributed by atoms with Gasteiger partial charge >= 0.3 is 0 Å². The predicted molar refractivity (Wildman–Crippen MR) is 145 cm³/mol. The van der Waals surface area contributed by atoms with E-state index < -0.39 is 0 Å². The fourth-order valence-corrected chi connectivity index (χ4v) is 4.10. The van der Waals surface area contributed by atoms with Crippen molar-refractivity contribution in [3.63, 3.8) is 0 Å². The van der Waals surface area contributed by atoms with Gasteiger partial charge in [0.2, 0.25) is 0 Å². The Morgan fingerprint density at radius 2 is 1.79 bits per heavy atom. The van der Waals surface area contributed by atoms with Crippen LogP contribution in [0.5, 0.6) is 11.5 Å². The highest BCUT2D eigenvalue weighted by Crippen LogP contribution is 2.37. The molecule has 4 aromatic rings. The van der Waals surface area contributed by atoms with Crippen LogP contribution in [0.3, 0.4) is 0 Å². The molecular weight excluding hydrogens is 563 g/mol. The van der Waals surface area contributed by atoms with Crippen molar-refractivity contribution in [2.45, 2.75) is 13.5 Å². The van der Waals surface area contributed by atoms with Gasteiger partial charge in [0.05, 0.1) is 17.8 Å². The number of rotatable bonds is 8. The van der Waals surface area contributed by atoms with E-state index in [0.717, 1.165) is 19.9 Å². The summed E-state index contributed by atoms with van der Waals surface area (Å²) < 4.78 is 12.9. The van der Waals surface area contributed by atoms with Crippen LogP contribution in [0.25, 0.3) is 10.8 Å². The molecule has 0 heterocycles. The number of ether oxygens (including phenoxy) is 2. The number of carbonyl (C=O) groups excluding carboxylic acids is 1. The largest absolute Gasteiger partial charge is 0.490 e. The molecule has 0 aliphatic carbocycles. The van der Waals surface area contributed by atoms with Crippen LogP contribution in [-0.4, -0.2) is 18.7 Å². The summed E-state index contributed by atoms with van der Waals surface area (Å²) >= 11 is 8.74. The SMILES string of the molecule is CCOc1cc(/C=N\NC(=O)c2ccc(I)cc2)cc(Cl)c1OCc1cccc2ccccc12. The zero-order valence-electron chi connectivity index (χ0n) is 18.4. The Bertz CT molecular complexity index is 1330. The van der Waals surface area contributed by atoms with Crippen molar-refractivity contribution in [2.75, 3.05) is 6.61 Å². The first kappa shape index (κ1) is 24.0. The number of nitrogens with zero attached hydrogens (tertiary/aromatic N) is 1. The summed E-state index contributed by atoms with van der Waals surface area (Å²) in [5.41, 5.74) is 4.79. The fraction of sp³-hybridized carbons (Fsp3) is 0.111. The van der Waals surface area contributed by atoms with E-state index in [1.54, 1.807) is 24.3 Å². The number of amides is 1. The second-order valence-electron chi connectivity index (χ2n) is 7.40. The van der Waals surface area contributed by atoms with E-state index in [-0.39, 0.29) is 5.91 Å². The van der Waals surface area contributed by atoms with E-state index in [1.165, 1.54) is 6.21 Å². The minimum atomic E-state index is -0.293. The highest BCUT2D eigenvalue weighted by Gasteiger charge is 2.13. The maximum atomic E-state index is 12.3. The third-order valence-electron chi connectivity index (χ3n) is 5.07. The van der Waals surface area contributed by atoms with Crippen molar-refractivity contribution in [3.8, 4) is 11.5 Å². The second kappa shape index (κ2) is 11.4. The molecule has 0 aromatic heterocycles. The number of benzene rings is 4. The van der Waals surface area contributed by atoms with E-state index in [4.69, 9.17) is 21.1 Å². The highest BCUT2D eigenvalue weighted by molar-refractivity contribution is 14.1. The number of hydrogen-bond donors (Lipinski definition) is 1. The van der Waals surface area contributed by atoms with Crippen molar-refractivity contribution in [2.24, 2.45) is 5.10 Å². The first-order chi connectivity index (χ1) is 16.5. The van der Waals surface area contributed by atoms with Gasteiger partial charge in [-0.15, -0.1) is 0 Å². The number of fused-ring (bicyclic) bond motifs is 1. The Morgan fingerprint density at radius 3 is 2.59 bits per heavy atom. The van der Waals surface area contributed by atoms with Crippen LogP contribution in [0.1, 0.15) is 28.4 Å². The summed E-state index contributed by atoms with van der Waals surface area (Å²) in [5, 5.41) is 6.74. The van der Waals surface area contributed by atoms with Crippen molar-refractivity contribution < 1.29 is 14.3 Å². The van der Waals surface area contributed by atoms with Crippen LogP contribution in [0.2, 0.25) is 5.02 Å². The average Bonchev–Trinajstić information content (AvgIpc) is 2.84. The van der Waals surface area contributed by atoms with E-state index in [0.29, 0.717) is 40.9 Å². The lowest BCUT2D eigenvalue weighted by molar-refractivity contribution is 0.0955. The van der Waals surface area contributed by atoms with Crippen LogP contribution < -0.4 is 14.9 Å². The van der Waals surface area contributed by atoms with Crippen molar-refractivity contribution in [1.29, 1.82) is 0 Å². The van der Waals surface area contributed by atoms with E-state index in [2.05, 4.69) is 51.3 Å². The zero-order chi connectivity index (χ0) is 23.9. The van der Waals surface area contributed by atoms with Crippen LogP contribution in [-0.2, 0) is 6.61 Å². The molecule has 0 saturated carbocycles. The quantitative estimate of drug-likeness (QED) is 0.140. The molecule has 4 rings (SSSR count). The number of hydrazone groups is 1. The van der Waals surface area contributed by atoms with Crippen molar-refractivity contribution in [3.05, 3.63) is 104 Å². The molecule has 0 aliphatic rings. The Morgan fingerprint density at radius 1 is 1.03 bits per heavy atom. The maximum absolute atomic E-state index is 12.3. The van der Waals surface area contributed by atoms with Gasteiger partial charge in [0, 0.05) is 9.13 Å². The monoisotopic (exact) mass is 584 g/mol. The number of nitrogens with one attached hydrogen (secondary N) is 1. The van der Waals surface area contributed by atoms with Crippen molar-refractivity contribution in [1.82, 2.24) is 5.43 Å². The van der Waals surface area contributed by atoms with Crippen molar-refractivity contribution >= 4 is 57.1 Å². The summed E-state index contributed by atoms with van der Waals surface area (Å²) in [5.74, 6) is 0.691. The maximum Gasteiger partial charge on any atom is 0.271 e. The molecule has 1 amide bonds. The third kappa shape index (κ3) is 5.87. The van der Waals surface area contributed by atoms with Gasteiger partial charge in [0.1, 0.15) is 6.61 Å². The van der Waals surface area contributed by atoms with E-state index in [1.807, 2.05) is 43.3 Å². The Labute approximate surface area is 216 Å². The summed E-state index contributed by atoms with van der Waals surface area (Å²) in [7, 11) is 0. The van der Waals surface area contributed by atoms with E-state index >= 15 is 0 Å². The molecule has 34 heavy (non-hydrogen) atoms. The zero-order valence-corrected chi connectivity index (χ0v) is 21.3. The van der Waals surface area contributed by atoms with Crippen LogP contribution in [0.15, 0.2) is 84.0 Å². The minimum absolute atomic E-state index is 0.293. The third-order valence-corrected chi connectivity index (χ3v) is 6.07. The smallest absolute Gasteiger partial charge is 0.271 e. The highest BCUT2D eigenvalue weighted by atomic mass is 127. The van der Waals surface area contributed by atoms with Gasteiger partial charge < -0.3 is 9.47 Å². The average molecular weight is 585 g/mol. The van der Waals surface area contributed by atoms with Gasteiger partial charge in [-0.05, 0) is 87.8 Å². The van der Waals surface area contributed by atoms with Gasteiger partial charge in [-0.3, -0.25) is 4.79 Å². The summed E-state index contributed by atoms with van der Waals surface area (Å²) in [6.07, 6.45) is 1.52. The summed E-state index contributed by atoms with van der Waals surface area (Å²) in [6, 6.07) is 25.0. The number of hydrogen-bond acceptors (Lipinski definition) is 4. The molecule has 0 unspecified atom stereocenters. The molecule has 4 aromatic carbocycles. The van der Waals surface area contributed by atoms with E-state index in [9.17, 15) is 4.79 Å². The van der Waals surface area contributed by atoms with Gasteiger partial charge in [0.15, 0.2) is 11.5 Å². The second-order valence-corrected chi connectivity index (χ2v) is 9.05. The summed E-state index contributed by atoms with van der Waals surface area (Å²) in [6.45, 7) is 2.69. The lowest BCUT2D eigenvalue weighted by atomic mass is 10.1. The molecule has 7 heteroatoms. The van der Waals surface area contributed by atoms with Gasteiger partial charge in [-0.25, -0.2) is 5.43 Å². The first-order valence-corrected chi connectivity index (χ1v) is 12.2. The molecular formula is C27H22ClIN2O3. The lowest BCUT2D eigenvalue weighted by Gasteiger charge is -2.15. The normalized spacial score (nSPS) is 11.0. The Hall–Kier alpha value is -3.10. The van der Waals surface area contributed by atoms with Crippen LogP contribution in [0.4, 0.5) is 0 Å².